The van der Waals surface area contributed by atoms with Crippen LogP contribution in [0.2, 0.25) is 0 Å². The zero-order chi connectivity index (χ0) is 12.5. The summed E-state index contributed by atoms with van der Waals surface area (Å²) in [5.74, 6) is 0.898. The Bertz CT molecular complexity index is 315. The number of ether oxygens (including phenoxy) is 1. The van der Waals surface area contributed by atoms with Crippen LogP contribution in [0.3, 0.4) is 0 Å². The lowest BCUT2D eigenvalue weighted by Crippen LogP contribution is -2.18. The summed E-state index contributed by atoms with van der Waals surface area (Å²) in [7, 11) is 3.79. The summed E-state index contributed by atoms with van der Waals surface area (Å²) in [6.07, 6.45) is 4.37. The van der Waals surface area contributed by atoms with Gasteiger partial charge in [0.1, 0.15) is 5.75 Å². The van der Waals surface area contributed by atoms with Gasteiger partial charge >= 0.3 is 0 Å². The summed E-state index contributed by atoms with van der Waals surface area (Å²) in [4.78, 5) is 2.24. The smallest absolute Gasteiger partial charge is 0.120 e. The van der Waals surface area contributed by atoms with Crippen molar-refractivity contribution in [1.29, 1.82) is 0 Å². The van der Waals surface area contributed by atoms with E-state index in [1.165, 1.54) is 12.1 Å². The van der Waals surface area contributed by atoms with Gasteiger partial charge in [0.2, 0.25) is 0 Å². The molecule has 0 unspecified atom stereocenters. The number of aliphatic hydroxyl groups excluding tert-OH is 1. The Labute approximate surface area is 104 Å². The van der Waals surface area contributed by atoms with Gasteiger partial charge in [-0.25, -0.2) is 0 Å². The average Bonchev–Trinajstić information content (AvgIpc) is 2.38. The highest BCUT2D eigenvalue weighted by molar-refractivity contribution is 5.49. The van der Waals surface area contributed by atoms with Crippen molar-refractivity contribution in [2.75, 3.05) is 32.2 Å². The van der Waals surface area contributed by atoms with E-state index in [1.54, 1.807) is 7.11 Å². The maximum atomic E-state index is 8.69. The van der Waals surface area contributed by atoms with Gasteiger partial charge in [-0.1, -0.05) is 18.9 Å². The van der Waals surface area contributed by atoms with Crippen molar-refractivity contribution in [2.45, 2.75) is 25.7 Å². The number of nitrogens with zero attached hydrogens (tertiary/aromatic N) is 1. The molecular weight excluding hydrogens is 214 g/mol. The van der Waals surface area contributed by atoms with Crippen LogP contribution in [-0.4, -0.2) is 32.4 Å². The zero-order valence-corrected chi connectivity index (χ0v) is 10.9. The normalized spacial score (nSPS) is 10.3. The number of hydrogen-bond donors (Lipinski definition) is 1. The number of aliphatic hydroxyl groups is 1. The van der Waals surface area contributed by atoms with E-state index in [4.69, 9.17) is 9.84 Å². The third-order valence-electron chi connectivity index (χ3n) is 2.90. The Kier molecular flexibility index (Phi) is 6.48. The predicted octanol–water partition coefficient (Wildman–Crippen LogP) is 2.68. The van der Waals surface area contributed by atoms with E-state index < -0.39 is 0 Å². The summed E-state index contributed by atoms with van der Waals surface area (Å²) in [5.41, 5.74) is 1.19. The van der Waals surface area contributed by atoms with E-state index in [-0.39, 0.29) is 0 Å². The number of unbranched alkanes of at least 4 members (excludes halogenated alkanes) is 3. The lowest BCUT2D eigenvalue weighted by molar-refractivity contribution is 0.282. The SMILES string of the molecule is COc1cccc(N(C)CCCCCCO)c1. The molecule has 1 aromatic carbocycles. The average molecular weight is 237 g/mol. The Balaban J connectivity index is 2.33. The van der Waals surface area contributed by atoms with Crippen molar-refractivity contribution in [1.82, 2.24) is 0 Å². The van der Waals surface area contributed by atoms with Crippen molar-refractivity contribution in [3.63, 3.8) is 0 Å². The number of methoxy groups -OCH3 is 1. The summed E-state index contributed by atoms with van der Waals surface area (Å²) in [5, 5.41) is 8.69. The first-order valence-corrected chi connectivity index (χ1v) is 6.24. The topological polar surface area (TPSA) is 32.7 Å². The van der Waals surface area contributed by atoms with E-state index in [1.807, 2.05) is 18.2 Å². The molecule has 0 atom stereocenters. The molecule has 0 radical (unpaired) electrons. The fourth-order valence-corrected chi connectivity index (χ4v) is 1.79. The van der Waals surface area contributed by atoms with Crippen LogP contribution in [0, 0.1) is 0 Å². The molecular formula is C14H23NO2. The highest BCUT2D eigenvalue weighted by Crippen LogP contribution is 2.20. The monoisotopic (exact) mass is 237 g/mol. The molecule has 0 aromatic heterocycles. The quantitative estimate of drug-likeness (QED) is 0.706. The molecule has 1 rings (SSSR count). The van der Waals surface area contributed by atoms with Crippen LogP contribution in [0.15, 0.2) is 24.3 Å². The Hall–Kier alpha value is -1.22. The van der Waals surface area contributed by atoms with Crippen molar-refractivity contribution >= 4 is 5.69 Å². The molecule has 0 aliphatic carbocycles. The molecule has 0 bridgehead atoms. The molecule has 0 amide bonds. The summed E-state index contributed by atoms with van der Waals surface area (Å²) in [6, 6.07) is 8.11. The molecule has 0 saturated heterocycles. The van der Waals surface area contributed by atoms with Gasteiger partial charge in [0.15, 0.2) is 0 Å². The van der Waals surface area contributed by atoms with Crippen LogP contribution >= 0.6 is 0 Å². The maximum absolute atomic E-state index is 8.69. The van der Waals surface area contributed by atoms with Crippen molar-refractivity contribution < 1.29 is 9.84 Å². The van der Waals surface area contributed by atoms with Crippen LogP contribution in [-0.2, 0) is 0 Å². The third kappa shape index (κ3) is 5.09. The lowest BCUT2D eigenvalue weighted by atomic mass is 10.2. The minimum absolute atomic E-state index is 0.311. The van der Waals surface area contributed by atoms with Crippen LogP contribution < -0.4 is 9.64 Å². The first-order chi connectivity index (χ1) is 8.27. The third-order valence-corrected chi connectivity index (χ3v) is 2.90. The largest absolute Gasteiger partial charge is 0.497 e. The second kappa shape index (κ2) is 7.96. The van der Waals surface area contributed by atoms with Gasteiger partial charge in [0.05, 0.1) is 7.11 Å². The maximum Gasteiger partial charge on any atom is 0.120 e. The van der Waals surface area contributed by atoms with Gasteiger partial charge in [-0.15, -0.1) is 0 Å². The molecule has 1 aromatic rings. The molecule has 0 fully saturated rings. The second-order valence-electron chi connectivity index (χ2n) is 4.26. The number of hydrogen-bond acceptors (Lipinski definition) is 3. The molecule has 0 saturated carbocycles. The molecule has 3 nitrogen and oxygen atoms in total. The minimum atomic E-state index is 0.311. The number of anilines is 1. The number of benzene rings is 1. The fraction of sp³-hybridized carbons (Fsp3) is 0.571. The predicted molar refractivity (Wildman–Crippen MR) is 71.8 cm³/mol. The Morgan fingerprint density at radius 2 is 1.94 bits per heavy atom. The van der Waals surface area contributed by atoms with E-state index in [2.05, 4.69) is 18.0 Å². The molecule has 3 heteroatoms. The summed E-state index contributed by atoms with van der Waals surface area (Å²) in [6.45, 7) is 1.35. The van der Waals surface area contributed by atoms with Crippen LogP contribution in [0.5, 0.6) is 5.75 Å². The van der Waals surface area contributed by atoms with Crippen LogP contribution in [0.4, 0.5) is 5.69 Å². The molecule has 0 heterocycles. The van der Waals surface area contributed by atoms with Gasteiger partial charge < -0.3 is 14.7 Å². The van der Waals surface area contributed by atoms with E-state index in [9.17, 15) is 0 Å². The second-order valence-corrected chi connectivity index (χ2v) is 4.26. The zero-order valence-electron chi connectivity index (χ0n) is 10.9. The van der Waals surface area contributed by atoms with E-state index in [0.29, 0.717) is 6.61 Å². The first kappa shape index (κ1) is 13.8. The first-order valence-electron chi connectivity index (χ1n) is 6.24. The summed E-state index contributed by atoms with van der Waals surface area (Å²) < 4.78 is 5.21. The van der Waals surface area contributed by atoms with Crippen molar-refractivity contribution in [3.05, 3.63) is 24.3 Å². The van der Waals surface area contributed by atoms with Gasteiger partial charge in [-0.05, 0) is 25.0 Å². The van der Waals surface area contributed by atoms with Crippen molar-refractivity contribution in [2.24, 2.45) is 0 Å². The summed E-state index contributed by atoms with van der Waals surface area (Å²) >= 11 is 0. The molecule has 17 heavy (non-hydrogen) atoms. The van der Waals surface area contributed by atoms with Crippen LogP contribution in [0.25, 0.3) is 0 Å². The van der Waals surface area contributed by atoms with Gasteiger partial charge in [-0.2, -0.15) is 0 Å². The highest BCUT2D eigenvalue weighted by atomic mass is 16.5. The molecule has 96 valence electrons. The van der Waals surface area contributed by atoms with Gasteiger partial charge in [0, 0.05) is 32.0 Å². The van der Waals surface area contributed by atoms with Crippen molar-refractivity contribution in [3.8, 4) is 5.75 Å². The highest BCUT2D eigenvalue weighted by Gasteiger charge is 2.01. The van der Waals surface area contributed by atoms with Gasteiger partial charge in [-0.3, -0.25) is 0 Å². The Morgan fingerprint density at radius 1 is 1.18 bits per heavy atom. The molecule has 0 aliphatic heterocycles. The molecule has 0 spiro atoms. The fourth-order valence-electron chi connectivity index (χ4n) is 1.79. The van der Waals surface area contributed by atoms with E-state index >= 15 is 0 Å². The number of rotatable bonds is 8. The molecule has 1 N–H and O–H groups in total. The lowest BCUT2D eigenvalue weighted by Gasteiger charge is -2.19. The Morgan fingerprint density at radius 3 is 2.65 bits per heavy atom. The van der Waals surface area contributed by atoms with Gasteiger partial charge in [0.25, 0.3) is 0 Å². The van der Waals surface area contributed by atoms with E-state index in [0.717, 1.165) is 31.6 Å². The molecule has 0 aliphatic rings. The minimum Gasteiger partial charge on any atom is -0.497 e. The van der Waals surface area contributed by atoms with Crippen LogP contribution in [0.1, 0.15) is 25.7 Å². The standard InChI is InChI=1S/C14H23NO2/c1-15(10-5-3-4-6-11-16)13-8-7-9-14(12-13)17-2/h7-9,12,16H,3-6,10-11H2,1-2H3.